The van der Waals surface area contributed by atoms with Gasteiger partial charge in [-0.05, 0) is 109 Å². The average molecular weight is 1030 g/mol. The smallest absolute Gasteiger partial charge is 0.462 e. The molecule has 11 nitrogen and oxygen atoms in total. The van der Waals surface area contributed by atoms with Gasteiger partial charge in [0, 0.05) is 19.3 Å². The summed E-state index contributed by atoms with van der Waals surface area (Å²) in [7, 11) is -4.76. The largest absolute Gasteiger partial charge is 0.472 e. The van der Waals surface area contributed by atoms with E-state index in [4.69, 9.17) is 23.3 Å². The molecule has 414 valence electrons. The molecule has 2 N–H and O–H groups in total. The van der Waals surface area contributed by atoms with Gasteiger partial charge < -0.3 is 24.2 Å². The van der Waals surface area contributed by atoms with Gasteiger partial charge in [-0.15, -0.1) is 0 Å². The Labute approximate surface area is 439 Å². The van der Waals surface area contributed by atoms with E-state index in [-0.39, 0.29) is 25.9 Å². The second kappa shape index (κ2) is 53.9. The van der Waals surface area contributed by atoms with Crippen molar-refractivity contribution in [3.63, 3.8) is 0 Å². The van der Waals surface area contributed by atoms with Crippen LogP contribution in [0.25, 0.3) is 0 Å². The second-order valence-electron chi connectivity index (χ2n) is 18.7. The third-order valence-corrected chi connectivity index (χ3v) is 12.7. The van der Waals surface area contributed by atoms with Gasteiger partial charge in [-0.3, -0.25) is 23.4 Å². The van der Waals surface area contributed by atoms with Crippen molar-refractivity contribution in [1.29, 1.82) is 0 Å². The molecule has 12 heteroatoms. The van der Waals surface area contributed by atoms with E-state index >= 15 is 0 Å². The summed E-state index contributed by atoms with van der Waals surface area (Å²) >= 11 is 0. The van der Waals surface area contributed by atoms with E-state index < -0.39 is 57.8 Å². The lowest BCUT2D eigenvalue weighted by Crippen LogP contribution is -2.30. The lowest BCUT2D eigenvalue weighted by Gasteiger charge is -2.21. The zero-order valence-corrected chi connectivity index (χ0v) is 46.5. The van der Waals surface area contributed by atoms with Crippen molar-refractivity contribution in [2.24, 2.45) is 0 Å². The lowest BCUT2D eigenvalue weighted by atomic mass is 10.1. The summed E-state index contributed by atoms with van der Waals surface area (Å²) in [4.78, 5) is 48.5. The van der Waals surface area contributed by atoms with E-state index in [1.165, 1.54) is 38.5 Å². The van der Waals surface area contributed by atoms with Crippen molar-refractivity contribution < 1.29 is 52.2 Å². The van der Waals surface area contributed by atoms with Crippen molar-refractivity contribution in [2.75, 3.05) is 26.4 Å². The summed E-state index contributed by atoms with van der Waals surface area (Å²) in [5, 5.41) is 9.81. The van der Waals surface area contributed by atoms with Crippen LogP contribution in [0.5, 0.6) is 0 Å². The first-order valence-corrected chi connectivity index (χ1v) is 30.0. The van der Waals surface area contributed by atoms with Gasteiger partial charge in [0.15, 0.2) is 6.10 Å². The average Bonchev–Trinajstić information content (AvgIpc) is 3.37. The number of hydrogen-bond donors (Lipinski definition) is 2. The second-order valence-corrected chi connectivity index (χ2v) is 20.1. The number of esters is 3. The minimum atomic E-state index is -4.76. The maximum Gasteiger partial charge on any atom is 0.472 e. The minimum Gasteiger partial charge on any atom is -0.462 e. The molecule has 0 radical (unpaired) electrons. The molecular formula is C60H103O11P. The quantitative estimate of drug-likeness (QED) is 0.0197. The molecule has 3 unspecified atom stereocenters. The normalized spacial score (nSPS) is 14.0. The standard InChI is InChI=1S/C60H103O11P/c1-4-7-10-13-16-19-22-25-28-31-34-37-40-43-46-49-58(62)67-53-57(71-60(64)51-48-45-42-39-36-33-30-27-24-21-18-15-12-9-6-3)55-69-72(65,66)68-54-56(52-61)70-59(63)50-47-44-41-38-35-32-29-26-23-20-17-14-11-8-5-2/h7,9-10,12,16,18-19,21,25-30,56-57,61H,4-6,8,11,13-15,17,20,22-24,31-55H2,1-3H3,(H,65,66)/b10-7-,12-9-,19-16-,21-18-,28-25-,29-26-,30-27-. The zero-order chi connectivity index (χ0) is 52.7. The van der Waals surface area contributed by atoms with Gasteiger partial charge in [-0.2, -0.15) is 0 Å². The van der Waals surface area contributed by atoms with Crippen molar-refractivity contribution >= 4 is 25.7 Å². The Morgan fingerprint density at radius 3 is 1.12 bits per heavy atom. The van der Waals surface area contributed by atoms with Crippen molar-refractivity contribution in [1.82, 2.24) is 0 Å². The van der Waals surface area contributed by atoms with E-state index in [0.717, 1.165) is 141 Å². The first-order valence-electron chi connectivity index (χ1n) is 28.5. The number of unbranched alkanes of at least 4 members (excludes halogenated alkanes) is 21. The minimum absolute atomic E-state index is 0.141. The summed E-state index contributed by atoms with van der Waals surface area (Å²) < 4.78 is 39.5. The van der Waals surface area contributed by atoms with Gasteiger partial charge >= 0.3 is 25.7 Å². The molecule has 0 bridgehead atoms. The Morgan fingerprint density at radius 1 is 0.403 bits per heavy atom. The Bertz CT molecular complexity index is 1530. The van der Waals surface area contributed by atoms with Crippen LogP contribution >= 0.6 is 7.82 Å². The Morgan fingerprint density at radius 2 is 0.722 bits per heavy atom. The fourth-order valence-corrected chi connectivity index (χ4v) is 8.28. The third-order valence-electron chi connectivity index (χ3n) is 11.8. The van der Waals surface area contributed by atoms with E-state index in [0.29, 0.717) is 19.3 Å². The highest BCUT2D eigenvalue weighted by Gasteiger charge is 2.28. The monoisotopic (exact) mass is 1030 g/mol. The number of phosphoric ester groups is 1. The van der Waals surface area contributed by atoms with E-state index in [2.05, 4.69) is 106 Å². The summed E-state index contributed by atoms with van der Waals surface area (Å²) in [6.07, 6.45) is 61.1. The Hall–Kier alpha value is -3.34. The van der Waals surface area contributed by atoms with Crippen LogP contribution in [0.4, 0.5) is 0 Å². The van der Waals surface area contributed by atoms with Crippen molar-refractivity contribution in [3.8, 4) is 0 Å². The number of phosphoric acid groups is 1. The summed E-state index contributed by atoms with van der Waals surface area (Å²) in [6.45, 7) is 4.37. The van der Waals surface area contributed by atoms with E-state index in [9.17, 15) is 28.9 Å². The molecule has 0 aromatic rings. The molecule has 0 aliphatic rings. The Balaban J connectivity index is 4.77. The zero-order valence-electron chi connectivity index (χ0n) is 45.6. The van der Waals surface area contributed by atoms with Gasteiger partial charge in [0.25, 0.3) is 0 Å². The first-order chi connectivity index (χ1) is 35.2. The molecule has 0 amide bonds. The van der Waals surface area contributed by atoms with Crippen LogP contribution in [0.3, 0.4) is 0 Å². The summed E-state index contributed by atoms with van der Waals surface area (Å²) in [5.74, 6) is -1.52. The Kier molecular flexibility index (Phi) is 51.4. The van der Waals surface area contributed by atoms with Crippen LogP contribution in [0.15, 0.2) is 85.1 Å². The summed E-state index contributed by atoms with van der Waals surface area (Å²) in [6, 6.07) is 0. The molecule has 0 spiro atoms. The maximum atomic E-state index is 12.9. The number of aliphatic hydroxyl groups is 1. The molecular weight excluding hydrogens is 928 g/mol. The molecule has 0 rings (SSSR count). The maximum absolute atomic E-state index is 12.9. The highest BCUT2D eigenvalue weighted by molar-refractivity contribution is 7.47. The highest BCUT2D eigenvalue weighted by atomic mass is 31.2. The number of hydrogen-bond acceptors (Lipinski definition) is 10. The van der Waals surface area contributed by atoms with Crippen LogP contribution in [-0.4, -0.2) is 66.5 Å². The van der Waals surface area contributed by atoms with Crippen LogP contribution in [0.2, 0.25) is 0 Å². The number of carbonyl (C=O) groups is 3. The van der Waals surface area contributed by atoms with Crippen molar-refractivity contribution in [2.45, 2.75) is 251 Å². The molecule has 0 aromatic carbocycles. The van der Waals surface area contributed by atoms with E-state index in [1.54, 1.807) is 0 Å². The van der Waals surface area contributed by atoms with Crippen LogP contribution in [-0.2, 0) is 42.2 Å². The molecule has 3 atom stereocenters. The van der Waals surface area contributed by atoms with Crippen LogP contribution < -0.4 is 0 Å². The molecule has 0 heterocycles. The number of rotatable bonds is 52. The van der Waals surface area contributed by atoms with Gasteiger partial charge in [0.2, 0.25) is 0 Å². The van der Waals surface area contributed by atoms with Gasteiger partial charge in [0.1, 0.15) is 12.7 Å². The molecule has 0 saturated heterocycles. The molecule has 0 aliphatic heterocycles. The SMILES string of the molecule is CC/C=C\C/C=C\C/C=C\CCCCCCCC(=O)OCC(COP(=O)(O)OCC(CO)OC(=O)CCCCCCC/C=C\CCCCCCCC)OC(=O)CCCCCCC/C=C\C/C=C\C/C=C\CC. The summed E-state index contributed by atoms with van der Waals surface area (Å²) in [5.41, 5.74) is 0. The van der Waals surface area contributed by atoms with E-state index in [1.807, 2.05) is 0 Å². The molecule has 72 heavy (non-hydrogen) atoms. The van der Waals surface area contributed by atoms with Crippen LogP contribution in [0.1, 0.15) is 239 Å². The lowest BCUT2D eigenvalue weighted by molar-refractivity contribution is -0.161. The number of ether oxygens (including phenoxy) is 3. The third kappa shape index (κ3) is 51.6. The first kappa shape index (κ1) is 68.7. The van der Waals surface area contributed by atoms with Gasteiger partial charge in [-0.1, -0.05) is 196 Å². The van der Waals surface area contributed by atoms with Crippen molar-refractivity contribution in [3.05, 3.63) is 85.1 Å². The predicted octanol–water partition coefficient (Wildman–Crippen LogP) is 16.7. The van der Waals surface area contributed by atoms with Gasteiger partial charge in [0.05, 0.1) is 19.8 Å². The molecule has 0 fully saturated rings. The fourth-order valence-electron chi connectivity index (χ4n) is 7.50. The fraction of sp³-hybridized carbons (Fsp3) is 0.717. The highest BCUT2D eigenvalue weighted by Crippen LogP contribution is 2.43. The predicted molar refractivity (Wildman–Crippen MR) is 298 cm³/mol. The number of carbonyl (C=O) groups excluding carboxylic acids is 3. The number of allylic oxidation sites excluding steroid dienone is 14. The topological polar surface area (TPSA) is 155 Å². The molecule has 0 saturated carbocycles. The number of aliphatic hydroxyl groups excluding tert-OH is 1. The molecule has 0 aromatic heterocycles. The van der Waals surface area contributed by atoms with Crippen LogP contribution in [0, 0.1) is 0 Å². The van der Waals surface area contributed by atoms with Gasteiger partial charge in [-0.25, -0.2) is 4.57 Å². The molecule has 0 aliphatic carbocycles.